The largest absolute Gasteiger partial charge is 0.359 e. The van der Waals surface area contributed by atoms with E-state index in [1.165, 1.54) is 0 Å². The maximum Gasteiger partial charge on any atom is 0.251 e. The smallest absolute Gasteiger partial charge is 0.251 e. The molecule has 0 aliphatic rings. The zero-order valence-electron chi connectivity index (χ0n) is 9.24. The number of benzene rings is 1. The standard InChI is InChI=1S/C12H11BrN2O2/c1-8-5-11(17-15-8)7-14-12(16)9-3-2-4-10(13)6-9/h2-6H,7H2,1H3,(H,14,16). The molecule has 0 fully saturated rings. The Hall–Kier alpha value is -1.62. The summed E-state index contributed by atoms with van der Waals surface area (Å²) in [6.07, 6.45) is 0. The van der Waals surface area contributed by atoms with E-state index in [1.807, 2.05) is 19.1 Å². The van der Waals surface area contributed by atoms with Crippen LogP contribution in [0, 0.1) is 6.92 Å². The van der Waals surface area contributed by atoms with E-state index in [0.29, 0.717) is 17.9 Å². The van der Waals surface area contributed by atoms with Crippen LogP contribution in [0.3, 0.4) is 0 Å². The Bertz CT molecular complexity index is 537. The highest BCUT2D eigenvalue weighted by atomic mass is 79.9. The molecular formula is C12H11BrN2O2. The first-order chi connectivity index (χ1) is 8.15. The van der Waals surface area contributed by atoms with Crippen LogP contribution in [-0.2, 0) is 6.54 Å². The number of hydrogen-bond acceptors (Lipinski definition) is 3. The normalized spacial score (nSPS) is 10.2. The average Bonchev–Trinajstić information content (AvgIpc) is 2.72. The third-order valence-electron chi connectivity index (χ3n) is 2.19. The van der Waals surface area contributed by atoms with Crippen LogP contribution in [0.2, 0.25) is 0 Å². The maximum atomic E-state index is 11.8. The Morgan fingerprint density at radius 2 is 2.29 bits per heavy atom. The molecule has 1 aromatic heterocycles. The average molecular weight is 295 g/mol. The number of carbonyl (C=O) groups excluding carboxylic acids is 1. The molecule has 0 unspecified atom stereocenters. The van der Waals surface area contributed by atoms with Gasteiger partial charge in [0.15, 0.2) is 5.76 Å². The predicted octanol–water partition coefficient (Wildman–Crippen LogP) is 2.68. The van der Waals surface area contributed by atoms with Gasteiger partial charge in [0.1, 0.15) is 0 Å². The predicted molar refractivity (Wildman–Crippen MR) is 66.6 cm³/mol. The van der Waals surface area contributed by atoms with Gasteiger partial charge in [-0.3, -0.25) is 4.79 Å². The van der Waals surface area contributed by atoms with Gasteiger partial charge in [-0.05, 0) is 25.1 Å². The van der Waals surface area contributed by atoms with Crippen molar-refractivity contribution in [3.05, 3.63) is 51.8 Å². The Kier molecular flexibility index (Phi) is 3.58. The monoisotopic (exact) mass is 294 g/mol. The summed E-state index contributed by atoms with van der Waals surface area (Å²) in [5.41, 5.74) is 1.41. The van der Waals surface area contributed by atoms with E-state index in [4.69, 9.17) is 4.52 Å². The first-order valence-electron chi connectivity index (χ1n) is 5.11. The van der Waals surface area contributed by atoms with Crippen molar-refractivity contribution in [3.8, 4) is 0 Å². The number of nitrogens with one attached hydrogen (secondary N) is 1. The Morgan fingerprint density at radius 1 is 1.47 bits per heavy atom. The Labute approximate surface area is 107 Å². The fourth-order valence-electron chi connectivity index (χ4n) is 1.40. The van der Waals surface area contributed by atoms with Crippen molar-refractivity contribution in [1.29, 1.82) is 0 Å². The molecule has 88 valence electrons. The van der Waals surface area contributed by atoms with Crippen LogP contribution in [0.1, 0.15) is 21.8 Å². The van der Waals surface area contributed by atoms with Gasteiger partial charge in [0.25, 0.3) is 5.91 Å². The number of carbonyl (C=O) groups is 1. The lowest BCUT2D eigenvalue weighted by atomic mass is 10.2. The molecule has 1 aromatic carbocycles. The summed E-state index contributed by atoms with van der Waals surface area (Å²) in [5, 5.41) is 6.51. The van der Waals surface area contributed by atoms with Gasteiger partial charge in [-0.15, -0.1) is 0 Å². The van der Waals surface area contributed by atoms with Crippen LogP contribution < -0.4 is 5.32 Å². The fraction of sp³-hybridized carbons (Fsp3) is 0.167. The summed E-state index contributed by atoms with van der Waals surface area (Å²) in [6.45, 7) is 2.18. The van der Waals surface area contributed by atoms with Gasteiger partial charge in [-0.2, -0.15) is 0 Å². The quantitative estimate of drug-likeness (QED) is 0.947. The molecule has 4 nitrogen and oxygen atoms in total. The Morgan fingerprint density at radius 3 is 2.94 bits per heavy atom. The highest BCUT2D eigenvalue weighted by Crippen LogP contribution is 2.11. The van der Waals surface area contributed by atoms with E-state index < -0.39 is 0 Å². The summed E-state index contributed by atoms with van der Waals surface area (Å²) in [6, 6.07) is 9.00. The summed E-state index contributed by atoms with van der Waals surface area (Å²) >= 11 is 3.32. The van der Waals surface area contributed by atoms with E-state index in [0.717, 1.165) is 10.2 Å². The minimum atomic E-state index is -0.139. The van der Waals surface area contributed by atoms with Crippen molar-refractivity contribution in [3.63, 3.8) is 0 Å². The van der Waals surface area contributed by atoms with E-state index >= 15 is 0 Å². The second-order valence-electron chi connectivity index (χ2n) is 3.63. The third-order valence-corrected chi connectivity index (χ3v) is 2.68. The number of aryl methyl sites for hydroxylation is 1. The zero-order valence-corrected chi connectivity index (χ0v) is 10.8. The molecule has 2 rings (SSSR count). The van der Waals surface area contributed by atoms with E-state index in [1.54, 1.807) is 18.2 Å². The van der Waals surface area contributed by atoms with Gasteiger partial charge in [-0.25, -0.2) is 0 Å². The van der Waals surface area contributed by atoms with Crippen LogP contribution in [0.25, 0.3) is 0 Å². The molecule has 1 N–H and O–H groups in total. The topological polar surface area (TPSA) is 55.1 Å². The van der Waals surface area contributed by atoms with Crippen LogP contribution >= 0.6 is 15.9 Å². The lowest BCUT2D eigenvalue weighted by molar-refractivity contribution is 0.0947. The molecule has 0 bridgehead atoms. The van der Waals surface area contributed by atoms with Crippen LogP contribution in [-0.4, -0.2) is 11.1 Å². The second-order valence-corrected chi connectivity index (χ2v) is 4.54. The van der Waals surface area contributed by atoms with Crippen molar-refractivity contribution >= 4 is 21.8 Å². The summed E-state index contributed by atoms with van der Waals surface area (Å²) in [7, 11) is 0. The van der Waals surface area contributed by atoms with Crippen LogP contribution in [0.4, 0.5) is 0 Å². The van der Waals surface area contributed by atoms with Crippen molar-refractivity contribution in [1.82, 2.24) is 10.5 Å². The number of hydrogen-bond donors (Lipinski definition) is 1. The zero-order chi connectivity index (χ0) is 12.3. The molecule has 0 saturated heterocycles. The number of halogens is 1. The molecule has 1 heterocycles. The van der Waals surface area contributed by atoms with E-state index in [2.05, 4.69) is 26.4 Å². The van der Waals surface area contributed by atoms with Gasteiger partial charge >= 0.3 is 0 Å². The molecule has 0 atom stereocenters. The summed E-state index contributed by atoms with van der Waals surface area (Å²) < 4.78 is 5.88. The van der Waals surface area contributed by atoms with Gasteiger partial charge in [0, 0.05) is 16.1 Å². The first-order valence-corrected chi connectivity index (χ1v) is 5.90. The molecule has 0 spiro atoms. The Balaban J connectivity index is 1.98. The van der Waals surface area contributed by atoms with Gasteiger partial charge in [0.2, 0.25) is 0 Å². The third kappa shape index (κ3) is 3.17. The van der Waals surface area contributed by atoms with E-state index in [9.17, 15) is 4.79 Å². The SMILES string of the molecule is Cc1cc(CNC(=O)c2cccc(Br)c2)on1. The number of aromatic nitrogens is 1. The van der Waals surface area contributed by atoms with Crippen molar-refractivity contribution in [2.45, 2.75) is 13.5 Å². The van der Waals surface area contributed by atoms with Crippen molar-refractivity contribution in [2.24, 2.45) is 0 Å². The van der Waals surface area contributed by atoms with Crippen LogP contribution in [0.5, 0.6) is 0 Å². The lowest BCUT2D eigenvalue weighted by Gasteiger charge is -2.02. The molecule has 0 aliphatic heterocycles. The maximum absolute atomic E-state index is 11.8. The van der Waals surface area contributed by atoms with Crippen molar-refractivity contribution < 1.29 is 9.32 Å². The fourth-order valence-corrected chi connectivity index (χ4v) is 1.80. The molecule has 1 amide bonds. The molecule has 2 aromatic rings. The highest BCUT2D eigenvalue weighted by molar-refractivity contribution is 9.10. The molecule has 5 heteroatoms. The lowest BCUT2D eigenvalue weighted by Crippen LogP contribution is -2.22. The van der Waals surface area contributed by atoms with Gasteiger partial charge < -0.3 is 9.84 Å². The summed E-state index contributed by atoms with van der Waals surface area (Å²) in [5.74, 6) is 0.506. The molecule has 0 saturated carbocycles. The minimum Gasteiger partial charge on any atom is -0.359 e. The van der Waals surface area contributed by atoms with Gasteiger partial charge in [0.05, 0.1) is 12.2 Å². The highest BCUT2D eigenvalue weighted by Gasteiger charge is 2.07. The summed E-state index contributed by atoms with van der Waals surface area (Å²) in [4.78, 5) is 11.8. The van der Waals surface area contributed by atoms with Crippen molar-refractivity contribution in [2.75, 3.05) is 0 Å². The van der Waals surface area contributed by atoms with Gasteiger partial charge in [-0.1, -0.05) is 27.2 Å². The minimum absolute atomic E-state index is 0.139. The second kappa shape index (κ2) is 5.14. The van der Waals surface area contributed by atoms with Crippen LogP contribution in [0.15, 0.2) is 39.3 Å². The number of rotatable bonds is 3. The molecule has 0 radical (unpaired) electrons. The molecule has 0 aliphatic carbocycles. The first kappa shape index (κ1) is 11.9. The van der Waals surface area contributed by atoms with E-state index in [-0.39, 0.29) is 5.91 Å². The number of amides is 1. The molecule has 17 heavy (non-hydrogen) atoms. The number of nitrogens with zero attached hydrogens (tertiary/aromatic N) is 1. The molecular weight excluding hydrogens is 284 g/mol.